The summed E-state index contributed by atoms with van der Waals surface area (Å²) in [4.78, 5) is 9.28. The molecule has 104 valence electrons. The van der Waals surface area contributed by atoms with Crippen LogP contribution in [0, 0.1) is 20.8 Å². The molecular formula is C15H17N3S2. The minimum absolute atomic E-state index is 0.841. The van der Waals surface area contributed by atoms with Crippen molar-refractivity contribution in [2.75, 3.05) is 0 Å². The molecule has 0 saturated carbocycles. The van der Waals surface area contributed by atoms with Gasteiger partial charge in [-0.15, -0.1) is 22.7 Å². The predicted molar refractivity (Wildman–Crippen MR) is 85.7 cm³/mol. The summed E-state index contributed by atoms with van der Waals surface area (Å²) in [5, 5.41) is 6.52. The van der Waals surface area contributed by atoms with Gasteiger partial charge in [0.1, 0.15) is 5.01 Å². The van der Waals surface area contributed by atoms with Gasteiger partial charge in [-0.05, 0) is 26.8 Å². The molecule has 3 heterocycles. The van der Waals surface area contributed by atoms with Crippen LogP contribution in [0.25, 0.3) is 11.3 Å². The lowest BCUT2D eigenvalue weighted by Crippen LogP contribution is -1.93. The molecule has 3 aromatic rings. The molecule has 0 bridgehead atoms. The van der Waals surface area contributed by atoms with Gasteiger partial charge >= 0.3 is 0 Å². The fraction of sp³-hybridized carbons (Fsp3) is 0.333. The number of hydrogen-bond donors (Lipinski definition) is 0. The van der Waals surface area contributed by atoms with E-state index < -0.39 is 0 Å². The Hall–Kier alpha value is -1.46. The van der Waals surface area contributed by atoms with Crippen molar-refractivity contribution >= 4 is 22.7 Å². The molecule has 0 radical (unpaired) electrons. The van der Waals surface area contributed by atoms with Gasteiger partial charge in [-0.3, -0.25) is 0 Å². The molecule has 3 rings (SSSR count). The molecule has 0 aliphatic heterocycles. The lowest BCUT2D eigenvalue weighted by molar-refractivity contribution is 0.845. The minimum Gasteiger partial charge on any atom is -0.351 e. The van der Waals surface area contributed by atoms with Crippen molar-refractivity contribution in [3.05, 3.63) is 43.9 Å². The summed E-state index contributed by atoms with van der Waals surface area (Å²) in [5.74, 6) is 0. The Labute approximate surface area is 127 Å². The maximum absolute atomic E-state index is 4.77. The zero-order chi connectivity index (χ0) is 14.3. The summed E-state index contributed by atoms with van der Waals surface area (Å²) in [6, 6.07) is 2.21. The van der Waals surface area contributed by atoms with E-state index in [1.165, 1.54) is 17.0 Å². The van der Waals surface area contributed by atoms with Crippen LogP contribution in [0.4, 0.5) is 0 Å². The van der Waals surface area contributed by atoms with E-state index in [4.69, 9.17) is 4.98 Å². The molecule has 5 heteroatoms. The third-order valence-electron chi connectivity index (χ3n) is 3.57. The fourth-order valence-corrected chi connectivity index (χ4v) is 3.91. The first kappa shape index (κ1) is 13.5. The Morgan fingerprint density at radius 3 is 2.35 bits per heavy atom. The van der Waals surface area contributed by atoms with Crippen LogP contribution < -0.4 is 0 Å². The molecule has 0 aliphatic rings. The molecule has 0 aromatic carbocycles. The highest BCUT2D eigenvalue weighted by molar-refractivity contribution is 7.11. The molecule has 0 fully saturated rings. The third-order valence-corrected chi connectivity index (χ3v) is 5.39. The highest BCUT2D eigenvalue weighted by Gasteiger charge is 2.12. The fourth-order valence-electron chi connectivity index (χ4n) is 2.24. The standard InChI is InChI=1S/C15H17N3S2/c1-9-7-19-14(16-9)6-15-17-13(8-20-15)12-5-10(2)18(4)11(12)3/h5,7-8H,6H2,1-4H3. The van der Waals surface area contributed by atoms with Crippen LogP contribution in [-0.4, -0.2) is 14.5 Å². The second-order valence-electron chi connectivity index (χ2n) is 5.03. The van der Waals surface area contributed by atoms with Crippen molar-refractivity contribution in [2.45, 2.75) is 27.2 Å². The van der Waals surface area contributed by atoms with Crippen molar-refractivity contribution in [3.63, 3.8) is 0 Å². The van der Waals surface area contributed by atoms with Gasteiger partial charge in [0.2, 0.25) is 0 Å². The van der Waals surface area contributed by atoms with Crippen LogP contribution in [0.15, 0.2) is 16.8 Å². The van der Waals surface area contributed by atoms with E-state index in [-0.39, 0.29) is 0 Å². The smallest absolute Gasteiger partial charge is 0.100 e. The van der Waals surface area contributed by atoms with Gasteiger partial charge in [-0.25, -0.2) is 9.97 Å². The van der Waals surface area contributed by atoms with Crippen LogP contribution in [-0.2, 0) is 13.5 Å². The topological polar surface area (TPSA) is 30.7 Å². The first-order chi connectivity index (χ1) is 9.54. The maximum atomic E-state index is 4.77. The van der Waals surface area contributed by atoms with Crippen LogP contribution in [0.1, 0.15) is 27.1 Å². The number of thiazole rings is 2. The van der Waals surface area contributed by atoms with Gasteiger partial charge in [0.25, 0.3) is 0 Å². The third kappa shape index (κ3) is 2.43. The second kappa shape index (κ2) is 5.14. The number of hydrogen-bond acceptors (Lipinski definition) is 4. The van der Waals surface area contributed by atoms with Gasteiger partial charge < -0.3 is 4.57 Å². The molecular weight excluding hydrogens is 286 g/mol. The Morgan fingerprint density at radius 1 is 1.05 bits per heavy atom. The van der Waals surface area contributed by atoms with E-state index in [1.807, 2.05) is 6.92 Å². The molecule has 0 atom stereocenters. The Morgan fingerprint density at radius 2 is 1.75 bits per heavy atom. The zero-order valence-corrected chi connectivity index (χ0v) is 13.7. The van der Waals surface area contributed by atoms with Crippen molar-refractivity contribution in [1.82, 2.24) is 14.5 Å². The lowest BCUT2D eigenvalue weighted by atomic mass is 10.2. The summed E-state index contributed by atoms with van der Waals surface area (Å²) in [6.45, 7) is 6.30. The van der Waals surface area contributed by atoms with Crippen molar-refractivity contribution < 1.29 is 0 Å². The van der Waals surface area contributed by atoms with Crippen molar-refractivity contribution in [2.24, 2.45) is 7.05 Å². The van der Waals surface area contributed by atoms with E-state index in [9.17, 15) is 0 Å². The van der Waals surface area contributed by atoms with E-state index in [2.05, 4.69) is 47.3 Å². The summed E-state index contributed by atoms with van der Waals surface area (Å²) < 4.78 is 2.21. The summed E-state index contributed by atoms with van der Waals surface area (Å²) >= 11 is 3.43. The quantitative estimate of drug-likeness (QED) is 0.728. The highest BCUT2D eigenvalue weighted by atomic mass is 32.1. The molecule has 3 nitrogen and oxygen atoms in total. The van der Waals surface area contributed by atoms with Gasteiger partial charge in [0.05, 0.1) is 17.1 Å². The van der Waals surface area contributed by atoms with Crippen molar-refractivity contribution in [3.8, 4) is 11.3 Å². The summed E-state index contributed by atoms with van der Waals surface area (Å²) in [5.41, 5.74) is 5.95. The Kier molecular flexibility index (Phi) is 3.48. The second-order valence-corrected chi connectivity index (χ2v) is 6.92. The molecule has 0 saturated heterocycles. The van der Waals surface area contributed by atoms with Gasteiger partial charge in [-0.2, -0.15) is 0 Å². The highest BCUT2D eigenvalue weighted by Crippen LogP contribution is 2.28. The van der Waals surface area contributed by atoms with Crippen LogP contribution >= 0.6 is 22.7 Å². The van der Waals surface area contributed by atoms with Gasteiger partial charge in [0, 0.05) is 40.5 Å². The van der Waals surface area contributed by atoms with Gasteiger partial charge in [0.15, 0.2) is 0 Å². The maximum Gasteiger partial charge on any atom is 0.100 e. The monoisotopic (exact) mass is 303 g/mol. The van der Waals surface area contributed by atoms with Crippen LogP contribution in [0.3, 0.4) is 0 Å². The molecule has 20 heavy (non-hydrogen) atoms. The SMILES string of the molecule is Cc1csc(Cc2nc(-c3cc(C)n(C)c3C)cs2)n1. The van der Waals surface area contributed by atoms with Crippen molar-refractivity contribution in [1.29, 1.82) is 0 Å². The molecule has 0 amide bonds. The van der Waals surface area contributed by atoms with Crippen LogP contribution in [0.2, 0.25) is 0 Å². The summed E-state index contributed by atoms with van der Waals surface area (Å²) in [7, 11) is 2.10. The molecule has 0 spiro atoms. The normalized spacial score (nSPS) is 11.2. The molecule has 0 N–H and O–H groups in total. The average molecular weight is 303 g/mol. The number of nitrogens with zero attached hydrogens (tertiary/aromatic N) is 3. The number of aromatic nitrogens is 3. The van der Waals surface area contributed by atoms with Gasteiger partial charge in [-0.1, -0.05) is 0 Å². The molecule has 0 aliphatic carbocycles. The van der Waals surface area contributed by atoms with E-state index >= 15 is 0 Å². The predicted octanol–water partition coefficient (Wildman–Crippen LogP) is 4.12. The van der Waals surface area contributed by atoms with E-state index in [0.717, 1.165) is 27.8 Å². The number of aryl methyl sites for hydroxylation is 2. The summed E-state index contributed by atoms with van der Waals surface area (Å²) in [6.07, 6.45) is 0.841. The molecule has 3 aromatic heterocycles. The lowest BCUT2D eigenvalue weighted by Gasteiger charge is -1.99. The van der Waals surface area contributed by atoms with E-state index in [0.29, 0.717) is 0 Å². The minimum atomic E-state index is 0.841. The largest absolute Gasteiger partial charge is 0.351 e. The number of rotatable bonds is 3. The zero-order valence-electron chi connectivity index (χ0n) is 12.1. The first-order valence-corrected chi connectivity index (χ1v) is 8.29. The van der Waals surface area contributed by atoms with Crippen LogP contribution in [0.5, 0.6) is 0 Å². The average Bonchev–Trinajstić information content (AvgIpc) is 3.08. The Bertz CT molecular complexity index is 749. The first-order valence-electron chi connectivity index (χ1n) is 6.53. The van der Waals surface area contributed by atoms with E-state index in [1.54, 1.807) is 22.7 Å². The molecule has 0 unspecified atom stereocenters. The Balaban J connectivity index is 1.88.